The molecule has 1 saturated heterocycles. The van der Waals surface area contributed by atoms with Gasteiger partial charge in [-0.1, -0.05) is 30.3 Å². The predicted octanol–water partition coefficient (Wildman–Crippen LogP) is 4.21. The summed E-state index contributed by atoms with van der Waals surface area (Å²) in [6.45, 7) is 1.94. The van der Waals surface area contributed by atoms with Gasteiger partial charge in [-0.3, -0.25) is 4.90 Å². The topological polar surface area (TPSA) is 32.7 Å². The molecular weight excluding hydrogens is 298 g/mol. The molecule has 0 radical (unpaired) electrons. The van der Waals surface area contributed by atoms with Gasteiger partial charge < -0.3 is 9.84 Å². The molecule has 1 aliphatic heterocycles. The summed E-state index contributed by atoms with van der Waals surface area (Å²) >= 11 is 0. The van der Waals surface area contributed by atoms with Gasteiger partial charge in [0.15, 0.2) is 0 Å². The van der Waals surface area contributed by atoms with Crippen molar-refractivity contribution in [2.75, 3.05) is 6.54 Å². The van der Waals surface area contributed by atoms with Crippen LogP contribution < -0.4 is 4.74 Å². The fourth-order valence-electron chi connectivity index (χ4n) is 3.76. The Balaban J connectivity index is 1.45. The van der Waals surface area contributed by atoms with Gasteiger partial charge in [0.2, 0.25) is 0 Å². The molecule has 1 saturated carbocycles. The minimum absolute atomic E-state index is 0.111. The number of para-hydroxylation sites is 1. The molecule has 0 aromatic heterocycles. The lowest BCUT2D eigenvalue weighted by molar-refractivity contribution is 0.0283. The molecule has 0 unspecified atom stereocenters. The van der Waals surface area contributed by atoms with E-state index in [9.17, 15) is 5.11 Å². The van der Waals surface area contributed by atoms with Crippen molar-refractivity contribution in [1.29, 1.82) is 0 Å². The van der Waals surface area contributed by atoms with Crippen LogP contribution in [0.3, 0.4) is 0 Å². The van der Waals surface area contributed by atoms with Gasteiger partial charge in [-0.25, -0.2) is 0 Å². The Hall–Kier alpha value is -1.84. The summed E-state index contributed by atoms with van der Waals surface area (Å²) < 4.78 is 5.95. The highest BCUT2D eigenvalue weighted by Crippen LogP contribution is 2.40. The third-order valence-electron chi connectivity index (χ3n) is 5.16. The van der Waals surface area contributed by atoms with Crippen LogP contribution >= 0.6 is 0 Å². The van der Waals surface area contributed by atoms with E-state index in [1.54, 1.807) is 0 Å². The molecule has 0 bridgehead atoms. The summed E-state index contributed by atoms with van der Waals surface area (Å²) in [6, 6.07) is 18.8. The Labute approximate surface area is 143 Å². The number of aliphatic hydroxyl groups excluding tert-OH is 1. The van der Waals surface area contributed by atoms with Crippen molar-refractivity contribution in [2.24, 2.45) is 5.92 Å². The van der Waals surface area contributed by atoms with Crippen LogP contribution in [0.15, 0.2) is 54.6 Å². The number of rotatable bonds is 5. The molecule has 4 rings (SSSR count). The Morgan fingerprint density at radius 1 is 0.958 bits per heavy atom. The van der Waals surface area contributed by atoms with Crippen LogP contribution in [0.4, 0.5) is 0 Å². The Morgan fingerprint density at radius 2 is 1.75 bits per heavy atom. The summed E-state index contributed by atoms with van der Waals surface area (Å²) in [7, 11) is 0. The van der Waals surface area contributed by atoms with E-state index in [-0.39, 0.29) is 6.10 Å². The smallest absolute Gasteiger partial charge is 0.127 e. The first kappa shape index (κ1) is 15.7. The van der Waals surface area contributed by atoms with E-state index in [4.69, 9.17) is 4.74 Å². The zero-order chi connectivity index (χ0) is 16.4. The standard InChI is InChI=1S/C21H25NO2/c23-18-11-12-22(21(14-18)17-9-10-17)15-16-5-4-8-20(13-16)24-19-6-2-1-3-7-19/h1-8,13,17-18,21,23H,9-12,14-15H2/t18-,21+/m0/s1. The first-order valence-corrected chi connectivity index (χ1v) is 9.02. The molecule has 0 spiro atoms. The molecule has 0 amide bonds. The molecule has 2 aliphatic rings. The average molecular weight is 323 g/mol. The largest absolute Gasteiger partial charge is 0.457 e. The zero-order valence-corrected chi connectivity index (χ0v) is 14.0. The molecule has 3 nitrogen and oxygen atoms in total. The van der Waals surface area contributed by atoms with E-state index in [0.717, 1.165) is 43.3 Å². The summed E-state index contributed by atoms with van der Waals surface area (Å²) in [4.78, 5) is 2.56. The molecule has 1 N–H and O–H groups in total. The Kier molecular flexibility index (Phi) is 4.54. The molecule has 2 fully saturated rings. The van der Waals surface area contributed by atoms with Crippen molar-refractivity contribution in [3.05, 3.63) is 60.2 Å². The predicted molar refractivity (Wildman–Crippen MR) is 95.1 cm³/mol. The SMILES string of the molecule is O[C@H]1CCN(Cc2cccc(Oc3ccccc3)c2)[C@@H](C2CC2)C1. The second kappa shape index (κ2) is 6.96. The van der Waals surface area contributed by atoms with E-state index in [1.165, 1.54) is 18.4 Å². The summed E-state index contributed by atoms with van der Waals surface area (Å²) in [5.41, 5.74) is 1.28. The lowest BCUT2D eigenvalue weighted by Crippen LogP contribution is -2.44. The second-order valence-corrected chi connectivity index (χ2v) is 7.12. The van der Waals surface area contributed by atoms with Crippen LogP contribution in [0.25, 0.3) is 0 Å². The third kappa shape index (κ3) is 3.80. The van der Waals surface area contributed by atoms with Crippen molar-refractivity contribution in [1.82, 2.24) is 4.90 Å². The molecule has 126 valence electrons. The van der Waals surface area contributed by atoms with Crippen molar-refractivity contribution < 1.29 is 9.84 Å². The highest BCUT2D eigenvalue weighted by Gasteiger charge is 2.38. The minimum Gasteiger partial charge on any atom is -0.457 e. The number of benzene rings is 2. The van der Waals surface area contributed by atoms with E-state index in [0.29, 0.717) is 6.04 Å². The van der Waals surface area contributed by atoms with Crippen molar-refractivity contribution in [3.63, 3.8) is 0 Å². The minimum atomic E-state index is -0.111. The number of aliphatic hydroxyl groups is 1. The number of hydrogen-bond acceptors (Lipinski definition) is 3. The number of ether oxygens (including phenoxy) is 1. The lowest BCUT2D eigenvalue weighted by atomic mass is 9.95. The fourth-order valence-corrected chi connectivity index (χ4v) is 3.76. The number of nitrogens with zero attached hydrogens (tertiary/aromatic N) is 1. The van der Waals surface area contributed by atoms with E-state index < -0.39 is 0 Å². The Morgan fingerprint density at radius 3 is 2.54 bits per heavy atom. The van der Waals surface area contributed by atoms with Gasteiger partial charge in [0.25, 0.3) is 0 Å². The highest BCUT2D eigenvalue weighted by atomic mass is 16.5. The average Bonchev–Trinajstić information content (AvgIpc) is 3.43. The molecular formula is C21H25NO2. The quantitative estimate of drug-likeness (QED) is 0.894. The lowest BCUT2D eigenvalue weighted by Gasteiger charge is -2.38. The van der Waals surface area contributed by atoms with Gasteiger partial charge in [-0.05, 0) is 61.4 Å². The first-order valence-electron chi connectivity index (χ1n) is 9.02. The summed E-state index contributed by atoms with van der Waals surface area (Å²) in [5, 5.41) is 10.0. The molecule has 2 atom stereocenters. The van der Waals surface area contributed by atoms with Gasteiger partial charge in [0, 0.05) is 19.1 Å². The van der Waals surface area contributed by atoms with Gasteiger partial charge >= 0.3 is 0 Å². The molecule has 3 heteroatoms. The van der Waals surface area contributed by atoms with Crippen LogP contribution in [-0.4, -0.2) is 28.7 Å². The first-order chi connectivity index (χ1) is 11.8. The van der Waals surface area contributed by atoms with E-state index >= 15 is 0 Å². The highest BCUT2D eigenvalue weighted by molar-refractivity contribution is 5.33. The van der Waals surface area contributed by atoms with Crippen molar-refractivity contribution >= 4 is 0 Å². The number of likely N-dealkylation sites (tertiary alicyclic amines) is 1. The van der Waals surface area contributed by atoms with Crippen LogP contribution in [0.5, 0.6) is 11.5 Å². The molecule has 1 heterocycles. The number of hydrogen-bond donors (Lipinski definition) is 1. The van der Waals surface area contributed by atoms with Crippen LogP contribution in [0, 0.1) is 5.92 Å². The monoisotopic (exact) mass is 323 g/mol. The fraction of sp³-hybridized carbons (Fsp3) is 0.429. The summed E-state index contributed by atoms with van der Waals surface area (Å²) in [6.07, 6.45) is 4.37. The van der Waals surface area contributed by atoms with Gasteiger partial charge in [0.05, 0.1) is 6.10 Å². The van der Waals surface area contributed by atoms with Gasteiger partial charge in [-0.15, -0.1) is 0 Å². The maximum absolute atomic E-state index is 10.0. The maximum Gasteiger partial charge on any atom is 0.127 e. The van der Waals surface area contributed by atoms with Crippen LogP contribution in [0.1, 0.15) is 31.2 Å². The maximum atomic E-state index is 10.0. The summed E-state index contributed by atoms with van der Waals surface area (Å²) in [5.74, 6) is 2.55. The van der Waals surface area contributed by atoms with Crippen molar-refractivity contribution in [3.8, 4) is 11.5 Å². The Bertz CT molecular complexity index is 669. The van der Waals surface area contributed by atoms with E-state index in [2.05, 4.69) is 23.1 Å². The van der Waals surface area contributed by atoms with Crippen LogP contribution in [0.2, 0.25) is 0 Å². The van der Waals surface area contributed by atoms with E-state index in [1.807, 2.05) is 36.4 Å². The van der Waals surface area contributed by atoms with Gasteiger partial charge in [-0.2, -0.15) is 0 Å². The normalized spacial score (nSPS) is 24.7. The molecule has 1 aliphatic carbocycles. The van der Waals surface area contributed by atoms with Crippen LogP contribution in [-0.2, 0) is 6.54 Å². The number of piperidine rings is 1. The van der Waals surface area contributed by atoms with Crippen molar-refractivity contribution in [2.45, 2.75) is 44.4 Å². The molecule has 2 aromatic carbocycles. The second-order valence-electron chi connectivity index (χ2n) is 7.12. The molecule has 2 aromatic rings. The van der Waals surface area contributed by atoms with Gasteiger partial charge in [0.1, 0.15) is 11.5 Å². The zero-order valence-electron chi connectivity index (χ0n) is 14.0. The molecule has 24 heavy (non-hydrogen) atoms. The third-order valence-corrected chi connectivity index (χ3v) is 5.16.